The van der Waals surface area contributed by atoms with Gasteiger partial charge >= 0.3 is 0 Å². The van der Waals surface area contributed by atoms with Crippen molar-refractivity contribution in [2.75, 3.05) is 5.32 Å². The molecule has 0 saturated carbocycles. The number of aromatic nitrogens is 2. The predicted molar refractivity (Wildman–Crippen MR) is 86.9 cm³/mol. The number of nitrogens with zero attached hydrogens (tertiary/aromatic N) is 2. The molecule has 0 bridgehead atoms. The Labute approximate surface area is 132 Å². The van der Waals surface area contributed by atoms with Gasteiger partial charge in [0.15, 0.2) is 0 Å². The molecule has 4 nitrogen and oxygen atoms in total. The summed E-state index contributed by atoms with van der Waals surface area (Å²) in [4.78, 5) is 20.4. The van der Waals surface area contributed by atoms with E-state index in [1.807, 2.05) is 30.3 Å². The Kier molecular flexibility index (Phi) is 4.12. The Morgan fingerprint density at radius 1 is 0.955 bits per heavy atom. The maximum Gasteiger partial charge on any atom is 0.255 e. The van der Waals surface area contributed by atoms with Crippen LogP contribution >= 0.6 is 11.6 Å². The number of nitrogens with one attached hydrogen (secondary N) is 1. The minimum absolute atomic E-state index is 0.198. The standard InChI is InChI=1S/C17H12ClN3O/c18-16-9-8-14(11-20-16)21-17(22)13-6-4-12(5-7-13)15-3-1-2-10-19-15/h1-11H,(H,21,22). The van der Waals surface area contributed by atoms with E-state index in [-0.39, 0.29) is 5.91 Å². The molecule has 0 aliphatic rings. The molecule has 3 aromatic rings. The number of benzene rings is 1. The second-order valence-electron chi connectivity index (χ2n) is 4.62. The SMILES string of the molecule is O=C(Nc1ccc(Cl)nc1)c1ccc(-c2ccccn2)cc1. The van der Waals surface area contributed by atoms with Crippen LogP contribution in [0.5, 0.6) is 0 Å². The topological polar surface area (TPSA) is 54.9 Å². The molecule has 0 fully saturated rings. The van der Waals surface area contributed by atoms with Gasteiger partial charge in [0.1, 0.15) is 5.15 Å². The maximum absolute atomic E-state index is 12.2. The number of rotatable bonds is 3. The molecule has 1 N–H and O–H groups in total. The molecule has 0 unspecified atom stereocenters. The first-order valence-electron chi connectivity index (χ1n) is 6.67. The summed E-state index contributed by atoms with van der Waals surface area (Å²) in [5.74, 6) is -0.198. The van der Waals surface area contributed by atoms with Crippen molar-refractivity contribution < 1.29 is 4.79 Å². The summed E-state index contributed by atoms with van der Waals surface area (Å²) in [5.41, 5.74) is 3.00. The molecule has 0 aliphatic heterocycles. The molecule has 1 amide bonds. The highest BCUT2D eigenvalue weighted by atomic mass is 35.5. The Morgan fingerprint density at radius 3 is 2.41 bits per heavy atom. The molecule has 0 aliphatic carbocycles. The van der Waals surface area contributed by atoms with E-state index < -0.39 is 0 Å². The van der Waals surface area contributed by atoms with Crippen molar-refractivity contribution in [1.29, 1.82) is 0 Å². The number of hydrogen-bond acceptors (Lipinski definition) is 3. The molecule has 22 heavy (non-hydrogen) atoms. The zero-order valence-corrected chi connectivity index (χ0v) is 12.3. The van der Waals surface area contributed by atoms with Gasteiger partial charge in [-0.25, -0.2) is 4.98 Å². The first-order valence-corrected chi connectivity index (χ1v) is 7.04. The average Bonchev–Trinajstić information content (AvgIpc) is 2.58. The number of halogens is 1. The normalized spacial score (nSPS) is 10.2. The zero-order chi connectivity index (χ0) is 15.4. The van der Waals surface area contributed by atoms with E-state index >= 15 is 0 Å². The molecule has 0 saturated heterocycles. The smallest absolute Gasteiger partial charge is 0.255 e. The van der Waals surface area contributed by atoms with Crippen LogP contribution < -0.4 is 5.32 Å². The molecule has 5 heteroatoms. The van der Waals surface area contributed by atoms with Gasteiger partial charge in [0.2, 0.25) is 0 Å². The quantitative estimate of drug-likeness (QED) is 0.743. The number of carbonyl (C=O) groups excluding carboxylic acids is 1. The molecular weight excluding hydrogens is 298 g/mol. The summed E-state index contributed by atoms with van der Waals surface area (Å²) < 4.78 is 0. The average molecular weight is 310 g/mol. The van der Waals surface area contributed by atoms with Gasteiger partial charge in [-0.1, -0.05) is 29.8 Å². The van der Waals surface area contributed by atoms with Gasteiger partial charge in [0.25, 0.3) is 5.91 Å². The van der Waals surface area contributed by atoms with Crippen molar-refractivity contribution in [2.24, 2.45) is 0 Å². The minimum atomic E-state index is -0.198. The van der Waals surface area contributed by atoms with Crippen molar-refractivity contribution in [2.45, 2.75) is 0 Å². The molecule has 0 atom stereocenters. The van der Waals surface area contributed by atoms with Gasteiger partial charge < -0.3 is 5.32 Å². The largest absolute Gasteiger partial charge is 0.321 e. The Hall–Kier alpha value is -2.72. The third-order valence-electron chi connectivity index (χ3n) is 3.09. The Morgan fingerprint density at radius 2 is 1.77 bits per heavy atom. The van der Waals surface area contributed by atoms with Gasteiger partial charge in [-0.05, 0) is 36.4 Å². The van der Waals surface area contributed by atoms with Crippen LogP contribution in [0.15, 0.2) is 67.0 Å². The lowest BCUT2D eigenvalue weighted by Gasteiger charge is -2.06. The highest BCUT2D eigenvalue weighted by Crippen LogP contribution is 2.18. The minimum Gasteiger partial charge on any atom is -0.321 e. The van der Waals surface area contributed by atoms with Crippen molar-refractivity contribution >= 4 is 23.2 Å². The summed E-state index contributed by atoms with van der Waals surface area (Å²) in [6.07, 6.45) is 3.26. The van der Waals surface area contributed by atoms with Gasteiger partial charge in [-0.2, -0.15) is 0 Å². The van der Waals surface area contributed by atoms with Crippen LogP contribution in [0.1, 0.15) is 10.4 Å². The monoisotopic (exact) mass is 309 g/mol. The van der Waals surface area contributed by atoms with E-state index in [0.717, 1.165) is 11.3 Å². The van der Waals surface area contributed by atoms with Crippen molar-refractivity contribution in [3.8, 4) is 11.3 Å². The highest BCUT2D eigenvalue weighted by Gasteiger charge is 2.07. The van der Waals surface area contributed by atoms with Crippen LogP contribution in [0, 0.1) is 0 Å². The summed E-state index contributed by atoms with van der Waals surface area (Å²) in [7, 11) is 0. The van der Waals surface area contributed by atoms with E-state index in [2.05, 4.69) is 15.3 Å². The van der Waals surface area contributed by atoms with Crippen LogP contribution in [0.25, 0.3) is 11.3 Å². The van der Waals surface area contributed by atoms with Gasteiger partial charge in [0, 0.05) is 17.3 Å². The van der Waals surface area contributed by atoms with E-state index in [1.54, 1.807) is 30.5 Å². The van der Waals surface area contributed by atoms with Crippen LogP contribution in [0.2, 0.25) is 5.15 Å². The second kappa shape index (κ2) is 6.37. The second-order valence-corrected chi connectivity index (χ2v) is 5.00. The van der Waals surface area contributed by atoms with E-state index in [0.29, 0.717) is 16.4 Å². The summed E-state index contributed by atoms with van der Waals surface area (Å²) >= 11 is 5.71. The fourth-order valence-electron chi connectivity index (χ4n) is 1.98. The highest BCUT2D eigenvalue weighted by molar-refractivity contribution is 6.29. The molecular formula is C17H12ClN3O. The van der Waals surface area contributed by atoms with E-state index in [1.165, 1.54) is 6.20 Å². The summed E-state index contributed by atoms with van der Waals surface area (Å²) in [5, 5.41) is 3.16. The van der Waals surface area contributed by atoms with Crippen LogP contribution in [-0.4, -0.2) is 15.9 Å². The van der Waals surface area contributed by atoms with Gasteiger partial charge in [0.05, 0.1) is 17.6 Å². The fourth-order valence-corrected chi connectivity index (χ4v) is 2.09. The van der Waals surface area contributed by atoms with Gasteiger partial charge in [-0.3, -0.25) is 9.78 Å². The molecule has 1 aromatic carbocycles. The molecule has 0 spiro atoms. The third-order valence-corrected chi connectivity index (χ3v) is 3.32. The number of carbonyl (C=O) groups is 1. The number of anilines is 1. The lowest BCUT2D eigenvalue weighted by Crippen LogP contribution is -2.11. The van der Waals surface area contributed by atoms with Crippen molar-refractivity contribution in [3.63, 3.8) is 0 Å². The Balaban J connectivity index is 1.75. The zero-order valence-electron chi connectivity index (χ0n) is 11.5. The van der Waals surface area contributed by atoms with Crippen LogP contribution in [0.4, 0.5) is 5.69 Å². The first kappa shape index (κ1) is 14.2. The van der Waals surface area contributed by atoms with Crippen molar-refractivity contribution in [1.82, 2.24) is 9.97 Å². The summed E-state index contributed by atoms with van der Waals surface area (Å²) in [6, 6.07) is 16.3. The molecule has 3 rings (SSSR count). The molecule has 108 valence electrons. The number of pyridine rings is 2. The number of hydrogen-bond donors (Lipinski definition) is 1. The molecule has 2 heterocycles. The maximum atomic E-state index is 12.2. The predicted octanol–water partition coefficient (Wildman–Crippen LogP) is 4.05. The van der Waals surface area contributed by atoms with Gasteiger partial charge in [-0.15, -0.1) is 0 Å². The molecule has 0 radical (unpaired) electrons. The Bertz CT molecular complexity index is 771. The fraction of sp³-hybridized carbons (Fsp3) is 0. The van der Waals surface area contributed by atoms with Crippen LogP contribution in [0.3, 0.4) is 0 Å². The van der Waals surface area contributed by atoms with Crippen LogP contribution in [-0.2, 0) is 0 Å². The number of amides is 1. The summed E-state index contributed by atoms with van der Waals surface area (Å²) in [6.45, 7) is 0. The lowest BCUT2D eigenvalue weighted by atomic mass is 10.1. The lowest BCUT2D eigenvalue weighted by molar-refractivity contribution is 0.102. The molecule has 2 aromatic heterocycles. The van der Waals surface area contributed by atoms with E-state index in [4.69, 9.17) is 11.6 Å². The van der Waals surface area contributed by atoms with Crippen molar-refractivity contribution in [3.05, 3.63) is 77.7 Å². The first-order chi connectivity index (χ1) is 10.7. The third kappa shape index (κ3) is 3.30. The van der Waals surface area contributed by atoms with E-state index in [9.17, 15) is 4.79 Å².